The number of rotatable bonds is 14. The van der Waals surface area contributed by atoms with Gasteiger partial charge in [0, 0.05) is 41.1 Å². The number of benzene rings is 3. The summed E-state index contributed by atoms with van der Waals surface area (Å²) in [7, 11) is 1.76. The number of anilines is 4. The summed E-state index contributed by atoms with van der Waals surface area (Å²) in [4.78, 5) is 62.0. The Kier molecular flexibility index (Phi) is 11.3. The molecule has 1 atom stereocenters. The molecule has 0 unspecified atom stereocenters. The number of carboxylic acid groups (broad SMARTS) is 1. The van der Waals surface area contributed by atoms with Gasteiger partial charge in [0.05, 0.1) is 5.54 Å². The normalized spacial score (nSPS) is 13.5. The summed E-state index contributed by atoms with van der Waals surface area (Å²) in [6.45, 7) is -2.26. The van der Waals surface area contributed by atoms with Crippen LogP contribution < -0.4 is 31.3 Å². The number of alkyl halides is 3. The third-order valence-electron chi connectivity index (χ3n) is 8.27. The first kappa shape index (κ1) is 38.9. The number of carbonyl (C=O) groups is 4. The summed E-state index contributed by atoms with van der Waals surface area (Å²) in [6, 6.07) is 16.8. The van der Waals surface area contributed by atoms with Crippen LogP contribution in [0.5, 0.6) is 6.01 Å². The van der Waals surface area contributed by atoms with Crippen molar-refractivity contribution in [1.82, 2.24) is 40.3 Å². The molecular formula is C35H31ClF3N11O6. The number of amides is 3. The van der Waals surface area contributed by atoms with Crippen LogP contribution in [-0.4, -0.2) is 83.9 Å². The van der Waals surface area contributed by atoms with Crippen LogP contribution in [0.2, 0.25) is 5.02 Å². The minimum Gasteiger partial charge on any atom is -0.480 e. The molecule has 0 bridgehead atoms. The number of halogens is 4. The van der Waals surface area contributed by atoms with Crippen molar-refractivity contribution < 1.29 is 42.2 Å². The second-order valence-corrected chi connectivity index (χ2v) is 12.9. The molecule has 3 aromatic carbocycles. The summed E-state index contributed by atoms with van der Waals surface area (Å²) in [5.74, 6) is -4.15. The molecule has 0 radical (unpaired) electrons. The molecule has 290 valence electrons. The zero-order valence-corrected chi connectivity index (χ0v) is 29.9. The van der Waals surface area contributed by atoms with Gasteiger partial charge >= 0.3 is 30.0 Å². The Morgan fingerprint density at radius 3 is 2.18 bits per heavy atom. The zero-order chi connectivity index (χ0) is 40.0. The fourth-order valence-electron chi connectivity index (χ4n) is 5.26. The number of carboxylic acids is 1. The van der Waals surface area contributed by atoms with Crippen molar-refractivity contribution in [2.75, 3.05) is 29.1 Å². The SMILES string of the molecule is Cn1cnnc1-c1ccc(NC(=O)C(=O)NC[C@H](NC(=O)c2ccc(Nc3nc(NC4(c5ccc(Cl)cc5)CC4)nc(OCC(F)(F)F)n3)cc2)C(=O)O)cc1. The first-order valence-corrected chi connectivity index (χ1v) is 17.0. The lowest BCUT2D eigenvalue weighted by atomic mass is 10.1. The second-order valence-electron chi connectivity index (χ2n) is 12.5. The van der Waals surface area contributed by atoms with E-state index in [1.54, 1.807) is 48.0 Å². The Hall–Kier alpha value is -6.83. The maximum Gasteiger partial charge on any atom is 0.422 e. The number of nitrogens with zero attached hydrogens (tertiary/aromatic N) is 6. The van der Waals surface area contributed by atoms with Gasteiger partial charge in [-0.25, -0.2) is 4.79 Å². The van der Waals surface area contributed by atoms with Gasteiger partial charge in [-0.15, -0.1) is 10.2 Å². The Morgan fingerprint density at radius 1 is 0.911 bits per heavy atom. The van der Waals surface area contributed by atoms with E-state index in [4.69, 9.17) is 16.3 Å². The zero-order valence-electron chi connectivity index (χ0n) is 29.1. The Bertz CT molecular complexity index is 2230. The molecule has 0 spiro atoms. The average Bonchev–Trinajstić information content (AvgIpc) is 3.81. The third-order valence-corrected chi connectivity index (χ3v) is 8.52. The minimum atomic E-state index is -4.65. The van der Waals surface area contributed by atoms with Gasteiger partial charge in [0.25, 0.3) is 5.91 Å². The first-order chi connectivity index (χ1) is 26.7. The van der Waals surface area contributed by atoms with Gasteiger partial charge in [0.1, 0.15) is 12.4 Å². The molecular weight excluding hydrogens is 763 g/mol. The van der Waals surface area contributed by atoms with Crippen LogP contribution in [0.25, 0.3) is 11.4 Å². The molecule has 1 aliphatic carbocycles. The van der Waals surface area contributed by atoms with Gasteiger partial charge in [-0.1, -0.05) is 23.7 Å². The third kappa shape index (κ3) is 10.0. The molecule has 1 fully saturated rings. The highest BCUT2D eigenvalue weighted by Gasteiger charge is 2.45. The summed E-state index contributed by atoms with van der Waals surface area (Å²) in [6.07, 6.45) is -1.74. The summed E-state index contributed by atoms with van der Waals surface area (Å²) < 4.78 is 45.3. The topological polar surface area (TPSA) is 227 Å². The number of ether oxygens (including phenoxy) is 1. The monoisotopic (exact) mass is 793 g/mol. The molecule has 2 aromatic heterocycles. The van der Waals surface area contributed by atoms with Gasteiger partial charge in [-0.2, -0.15) is 28.1 Å². The summed E-state index contributed by atoms with van der Waals surface area (Å²) in [5, 5.41) is 30.9. The Labute approximate surface area is 320 Å². The van der Waals surface area contributed by atoms with E-state index in [1.807, 2.05) is 12.1 Å². The number of aryl methyl sites for hydroxylation is 1. The Balaban J connectivity index is 1.05. The van der Waals surface area contributed by atoms with Crippen molar-refractivity contribution in [3.8, 4) is 17.4 Å². The van der Waals surface area contributed by atoms with E-state index in [-0.39, 0.29) is 17.5 Å². The van der Waals surface area contributed by atoms with Gasteiger partial charge in [-0.3, -0.25) is 14.4 Å². The number of carbonyl (C=O) groups excluding carboxylic acids is 3. The van der Waals surface area contributed by atoms with Crippen LogP contribution in [0.3, 0.4) is 0 Å². The molecule has 2 heterocycles. The van der Waals surface area contributed by atoms with Crippen molar-refractivity contribution in [1.29, 1.82) is 0 Å². The van der Waals surface area contributed by atoms with E-state index < -0.39 is 60.6 Å². The van der Waals surface area contributed by atoms with Gasteiger partial charge in [-0.05, 0) is 79.1 Å². The predicted molar refractivity (Wildman–Crippen MR) is 194 cm³/mol. The number of hydrogen-bond donors (Lipinski definition) is 6. The molecule has 1 saturated carbocycles. The molecule has 56 heavy (non-hydrogen) atoms. The number of hydrogen-bond acceptors (Lipinski definition) is 12. The second kappa shape index (κ2) is 16.3. The van der Waals surface area contributed by atoms with E-state index >= 15 is 0 Å². The molecule has 21 heteroatoms. The summed E-state index contributed by atoms with van der Waals surface area (Å²) >= 11 is 6.02. The quantitative estimate of drug-likeness (QED) is 0.0874. The van der Waals surface area contributed by atoms with E-state index in [0.29, 0.717) is 40.6 Å². The highest BCUT2D eigenvalue weighted by Crippen LogP contribution is 2.48. The van der Waals surface area contributed by atoms with E-state index in [9.17, 15) is 37.5 Å². The minimum absolute atomic E-state index is 0.0153. The fourth-order valence-corrected chi connectivity index (χ4v) is 5.38. The van der Waals surface area contributed by atoms with Gasteiger partial charge < -0.3 is 41.0 Å². The van der Waals surface area contributed by atoms with Crippen LogP contribution in [0.15, 0.2) is 79.1 Å². The van der Waals surface area contributed by atoms with Crippen LogP contribution >= 0.6 is 11.6 Å². The standard InChI is InChI=1S/C35H31ClF3N11O6/c1-50-18-41-49-26(50)19-2-10-23(11-3-19)42-29(53)28(52)40-16-25(30(54)55)44-27(51)20-4-12-24(13-5-20)43-31-45-32(47-33(46-31)56-17-35(37,38)39)48-34(14-15-34)21-6-8-22(36)9-7-21/h2-13,18,25H,14-17H2,1H3,(H,40,52)(H,42,53)(H,44,51)(H,54,55)(H2,43,45,46,47,48)/t25-/m0/s1. The van der Waals surface area contributed by atoms with Gasteiger partial charge in [0.2, 0.25) is 11.9 Å². The first-order valence-electron chi connectivity index (χ1n) is 16.6. The molecule has 0 saturated heterocycles. The van der Waals surface area contributed by atoms with E-state index in [1.165, 1.54) is 30.6 Å². The predicted octanol–water partition coefficient (Wildman–Crippen LogP) is 4.04. The molecule has 3 amide bonds. The van der Waals surface area contributed by atoms with Crippen LogP contribution in [-0.2, 0) is 27.0 Å². The maximum absolute atomic E-state index is 12.9. The largest absolute Gasteiger partial charge is 0.480 e. The van der Waals surface area contributed by atoms with Crippen LogP contribution in [0, 0.1) is 0 Å². The lowest BCUT2D eigenvalue weighted by Gasteiger charge is -2.19. The van der Waals surface area contributed by atoms with Crippen molar-refractivity contribution in [3.63, 3.8) is 0 Å². The van der Waals surface area contributed by atoms with E-state index in [0.717, 1.165) is 5.56 Å². The molecule has 1 aliphatic rings. The number of aliphatic carboxylic acids is 1. The van der Waals surface area contributed by atoms with Crippen molar-refractivity contribution >= 4 is 58.6 Å². The van der Waals surface area contributed by atoms with Crippen molar-refractivity contribution in [2.45, 2.75) is 30.6 Å². The van der Waals surface area contributed by atoms with Crippen molar-refractivity contribution in [3.05, 3.63) is 95.3 Å². The summed E-state index contributed by atoms with van der Waals surface area (Å²) in [5.41, 5.74) is 1.62. The van der Waals surface area contributed by atoms with Gasteiger partial charge in [0.15, 0.2) is 12.4 Å². The highest BCUT2D eigenvalue weighted by atomic mass is 35.5. The fraction of sp³-hybridized carbons (Fsp3) is 0.229. The molecule has 6 N–H and O–H groups in total. The van der Waals surface area contributed by atoms with Crippen LogP contribution in [0.1, 0.15) is 28.8 Å². The lowest BCUT2D eigenvalue weighted by Crippen LogP contribution is -2.50. The molecule has 6 rings (SSSR count). The van der Waals surface area contributed by atoms with Crippen LogP contribution in [0.4, 0.5) is 36.4 Å². The average molecular weight is 794 g/mol. The van der Waals surface area contributed by atoms with Crippen molar-refractivity contribution in [2.24, 2.45) is 7.05 Å². The molecule has 5 aromatic rings. The maximum atomic E-state index is 12.9. The molecule has 0 aliphatic heterocycles. The Morgan fingerprint density at radius 2 is 1.57 bits per heavy atom. The smallest absolute Gasteiger partial charge is 0.422 e. The van der Waals surface area contributed by atoms with E-state index in [2.05, 4.69) is 51.7 Å². The molecule has 17 nitrogen and oxygen atoms in total. The highest BCUT2D eigenvalue weighted by molar-refractivity contribution is 6.39. The number of aromatic nitrogens is 6. The number of nitrogens with one attached hydrogen (secondary N) is 5. The lowest BCUT2D eigenvalue weighted by molar-refractivity contribution is -0.154.